The maximum Gasteiger partial charge on any atom is 0.326 e. The molecular formula is C12H13FN2O2. The molecule has 5 heteroatoms. The van der Waals surface area contributed by atoms with Gasteiger partial charge in [-0.1, -0.05) is 13.8 Å². The molecule has 1 aromatic rings. The minimum absolute atomic E-state index is 0.0944. The Balaban J connectivity index is 3.02. The Morgan fingerprint density at radius 1 is 1.53 bits per heavy atom. The second-order valence-corrected chi connectivity index (χ2v) is 4.01. The topological polar surface area (TPSA) is 73.1 Å². The van der Waals surface area contributed by atoms with Crippen LogP contribution in [0.5, 0.6) is 0 Å². The maximum atomic E-state index is 12.9. The van der Waals surface area contributed by atoms with Crippen LogP contribution < -0.4 is 5.32 Å². The van der Waals surface area contributed by atoms with E-state index < -0.39 is 17.8 Å². The molecule has 1 atom stereocenters. The Kier molecular flexibility index (Phi) is 4.05. The molecule has 0 fully saturated rings. The van der Waals surface area contributed by atoms with Crippen LogP contribution in [0.3, 0.4) is 0 Å². The van der Waals surface area contributed by atoms with Crippen molar-refractivity contribution < 1.29 is 14.3 Å². The van der Waals surface area contributed by atoms with Crippen LogP contribution in [0.2, 0.25) is 0 Å². The first-order chi connectivity index (χ1) is 7.95. The maximum absolute atomic E-state index is 12.9. The van der Waals surface area contributed by atoms with E-state index in [1.54, 1.807) is 13.8 Å². The summed E-state index contributed by atoms with van der Waals surface area (Å²) in [4.78, 5) is 11.0. The summed E-state index contributed by atoms with van der Waals surface area (Å²) in [5.74, 6) is -1.68. The Hall–Kier alpha value is -2.09. The molecule has 0 unspecified atom stereocenters. The summed E-state index contributed by atoms with van der Waals surface area (Å²) in [5.41, 5.74) is 0.423. The number of aliphatic carboxylic acids is 1. The summed E-state index contributed by atoms with van der Waals surface area (Å²) in [6.45, 7) is 3.50. The second kappa shape index (κ2) is 5.30. The van der Waals surface area contributed by atoms with E-state index in [-0.39, 0.29) is 11.5 Å². The van der Waals surface area contributed by atoms with Gasteiger partial charge < -0.3 is 10.4 Å². The quantitative estimate of drug-likeness (QED) is 0.840. The van der Waals surface area contributed by atoms with Crippen molar-refractivity contribution in [3.8, 4) is 6.07 Å². The smallest absolute Gasteiger partial charge is 0.326 e. The first-order valence-electron chi connectivity index (χ1n) is 5.14. The van der Waals surface area contributed by atoms with Gasteiger partial charge in [0.25, 0.3) is 0 Å². The normalized spacial score (nSPS) is 11.9. The van der Waals surface area contributed by atoms with Gasteiger partial charge in [-0.2, -0.15) is 5.26 Å². The summed E-state index contributed by atoms with van der Waals surface area (Å²) in [7, 11) is 0. The third-order valence-electron chi connectivity index (χ3n) is 2.35. The highest BCUT2D eigenvalue weighted by Gasteiger charge is 2.22. The van der Waals surface area contributed by atoms with Crippen LogP contribution in [0.1, 0.15) is 19.4 Å². The van der Waals surface area contributed by atoms with Gasteiger partial charge in [0.2, 0.25) is 0 Å². The van der Waals surface area contributed by atoms with Crippen molar-refractivity contribution in [3.63, 3.8) is 0 Å². The van der Waals surface area contributed by atoms with Crippen molar-refractivity contribution in [2.75, 3.05) is 5.32 Å². The van der Waals surface area contributed by atoms with Gasteiger partial charge in [-0.15, -0.1) is 0 Å². The molecule has 0 spiro atoms. The fourth-order valence-electron chi connectivity index (χ4n) is 1.42. The van der Waals surface area contributed by atoms with Crippen molar-refractivity contribution in [1.82, 2.24) is 0 Å². The summed E-state index contributed by atoms with van der Waals surface area (Å²) in [5, 5.41) is 20.6. The van der Waals surface area contributed by atoms with Crippen molar-refractivity contribution >= 4 is 11.7 Å². The minimum atomic E-state index is -1.01. The van der Waals surface area contributed by atoms with Gasteiger partial charge in [0.05, 0.1) is 11.3 Å². The number of carboxylic acids is 1. The molecule has 0 aliphatic rings. The van der Waals surface area contributed by atoms with Gasteiger partial charge in [-0.3, -0.25) is 0 Å². The van der Waals surface area contributed by atoms with Crippen LogP contribution in [0.25, 0.3) is 0 Å². The number of nitriles is 1. The third-order valence-corrected chi connectivity index (χ3v) is 2.35. The van der Waals surface area contributed by atoms with E-state index in [1.807, 2.05) is 6.07 Å². The first-order valence-corrected chi connectivity index (χ1v) is 5.14. The monoisotopic (exact) mass is 236 g/mol. The van der Waals surface area contributed by atoms with Gasteiger partial charge in [0.1, 0.15) is 17.9 Å². The van der Waals surface area contributed by atoms with Crippen LogP contribution in [0.15, 0.2) is 18.2 Å². The average Bonchev–Trinajstić information content (AvgIpc) is 2.26. The fourth-order valence-corrected chi connectivity index (χ4v) is 1.42. The van der Waals surface area contributed by atoms with E-state index in [9.17, 15) is 9.18 Å². The highest BCUT2D eigenvalue weighted by Crippen LogP contribution is 2.19. The van der Waals surface area contributed by atoms with E-state index in [4.69, 9.17) is 10.4 Å². The van der Waals surface area contributed by atoms with Crippen LogP contribution >= 0.6 is 0 Å². The van der Waals surface area contributed by atoms with Crippen molar-refractivity contribution in [2.45, 2.75) is 19.9 Å². The molecule has 0 aliphatic carbocycles. The van der Waals surface area contributed by atoms with Crippen LogP contribution in [0.4, 0.5) is 10.1 Å². The molecule has 0 aromatic heterocycles. The highest BCUT2D eigenvalue weighted by molar-refractivity contribution is 5.78. The van der Waals surface area contributed by atoms with Gasteiger partial charge in [0, 0.05) is 0 Å². The number of hydrogen-bond donors (Lipinski definition) is 2. The molecule has 0 saturated carbocycles. The van der Waals surface area contributed by atoms with E-state index >= 15 is 0 Å². The summed E-state index contributed by atoms with van der Waals surface area (Å²) < 4.78 is 12.9. The first kappa shape index (κ1) is 13.0. The number of halogens is 1. The van der Waals surface area contributed by atoms with Crippen LogP contribution in [-0.4, -0.2) is 17.1 Å². The Labute approximate surface area is 98.7 Å². The predicted molar refractivity (Wildman–Crippen MR) is 61.0 cm³/mol. The lowest BCUT2D eigenvalue weighted by molar-refractivity contribution is -0.138. The number of nitrogens with zero attached hydrogens (tertiary/aromatic N) is 1. The summed E-state index contributed by atoms with van der Waals surface area (Å²) in [6, 6.07) is 4.63. The molecule has 0 saturated heterocycles. The average molecular weight is 236 g/mol. The number of nitrogens with one attached hydrogen (secondary N) is 1. The number of anilines is 1. The SMILES string of the molecule is CC(C)[C@H](Nc1ccc(F)cc1C#N)C(=O)O. The number of hydrogen-bond acceptors (Lipinski definition) is 3. The van der Waals surface area contributed by atoms with E-state index in [0.29, 0.717) is 5.69 Å². The van der Waals surface area contributed by atoms with Crippen molar-refractivity contribution in [2.24, 2.45) is 5.92 Å². The largest absolute Gasteiger partial charge is 0.480 e. The zero-order chi connectivity index (χ0) is 13.0. The molecule has 2 N–H and O–H groups in total. The molecule has 0 heterocycles. The zero-order valence-electron chi connectivity index (χ0n) is 9.57. The molecule has 17 heavy (non-hydrogen) atoms. The van der Waals surface area contributed by atoms with Gasteiger partial charge in [-0.05, 0) is 24.1 Å². The van der Waals surface area contributed by atoms with Gasteiger partial charge in [0.15, 0.2) is 0 Å². The van der Waals surface area contributed by atoms with E-state index in [1.165, 1.54) is 12.1 Å². The van der Waals surface area contributed by atoms with Crippen LogP contribution in [0, 0.1) is 23.1 Å². The number of carboxylic acid groups (broad SMARTS) is 1. The lowest BCUT2D eigenvalue weighted by atomic mass is 10.0. The number of rotatable bonds is 4. The molecule has 0 amide bonds. The Morgan fingerprint density at radius 3 is 2.65 bits per heavy atom. The Bertz CT molecular complexity index is 466. The molecule has 0 aliphatic heterocycles. The van der Waals surface area contributed by atoms with Crippen molar-refractivity contribution in [3.05, 3.63) is 29.6 Å². The molecule has 0 bridgehead atoms. The lowest BCUT2D eigenvalue weighted by Crippen LogP contribution is -2.34. The minimum Gasteiger partial charge on any atom is -0.480 e. The van der Waals surface area contributed by atoms with E-state index in [0.717, 1.165) is 6.07 Å². The zero-order valence-corrected chi connectivity index (χ0v) is 9.57. The van der Waals surface area contributed by atoms with Crippen LogP contribution in [-0.2, 0) is 4.79 Å². The summed E-state index contributed by atoms with van der Waals surface area (Å²) in [6.07, 6.45) is 0. The Morgan fingerprint density at radius 2 is 2.18 bits per heavy atom. The molecule has 4 nitrogen and oxygen atoms in total. The predicted octanol–water partition coefficient (Wildman–Crippen LogP) is 2.22. The molecule has 1 aromatic carbocycles. The van der Waals surface area contributed by atoms with Gasteiger partial charge >= 0.3 is 5.97 Å². The molecule has 1 rings (SSSR count). The van der Waals surface area contributed by atoms with Crippen molar-refractivity contribution in [1.29, 1.82) is 5.26 Å². The third kappa shape index (κ3) is 3.18. The molecular weight excluding hydrogens is 223 g/mol. The molecule has 90 valence electrons. The summed E-state index contributed by atoms with van der Waals surface area (Å²) >= 11 is 0. The fraction of sp³-hybridized carbons (Fsp3) is 0.333. The standard InChI is InChI=1S/C12H13FN2O2/c1-7(2)11(12(16)17)15-10-4-3-9(13)5-8(10)6-14/h3-5,7,11,15H,1-2H3,(H,16,17)/t11-/m0/s1. The second-order valence-electron chi connectivity index (χ2n) is 4.01. The lowest BCUT2D eigenvalue weighted by Gasteiger charge is -2.19. The highest BCUT2D eigenvalue weighted by atomic mass is 19.1. The number of benzene rings is 1. The van der Waals surface area contributed by atoms with E-state index in [2.05, 4.69) is 5.32 Å². The molecule has 0 radical (unpaired) electrons. The number of carbonyl (C=O) groups is 1. The van der Waals surface area contributed by atoms with Gasteiger partial charge in [-0.25, -0.2) is 9.18 Å².